The summed E-state index contributed by atoms with van der Waals surface area (Å²) in [5, 5.41) is 12.6. The van der Waals surface area contributed by atoms with E-state index in [1.54, 1.807) is 0 Å². The van der Waals surface area contributed by atoms with Crippen molar-refractivity contribution in [1.29, 1.82) is 0 Å². The number of rotatable bonds is 2. The summed E-state index contributed by atoms with van der Waals surface area (Å²) in [7, 11) is 0. The van der Waals surface area contributed by atoms with Crippen LogP contribution >= 0.6 is 0 Å². The van der Waals surface area contributed by atoms with Crippen molar-refractivity contribution in [3.8, 4) is 0 Å². The molecular formula is C14H18N2O2. The monoisotopic (exact) mass is 246 g/mol. The van der Waals surface area contributed by atoms with Crippen LogP contribution in [0.3, 0.4) is 0 Å². The van der Waals surface area contributed by atoms with Gasteiger partial charge in [-0.1, -0.05) is 35.5 Å². The maximum absolute atomic E-state index is 9.09. The lowest BCUT2D eigenvalue weighted by Crippen LogP contribution is -2.52. The summed E-state index contributed by atoms with van der Waals surface area (Å²) in [6, 6.07) is 10.5. The van der Waals surface area contributed by atoms with Gasteiger partial charge in [-0.05, 0) is 5.56 Å². The summed E-state index contributed by atoms with van der Waals surface area (Å²) < 4.78 is 5.55. The second-order valence-corrected chi connectivity index (χ2v) is 5.14. The number of fused-ring (bicyclic) bond motifs is 2. The Balaban J connectivity index is 1.70. The van der Waals surface area contributed by atoms with Gasteiger partial charge in [-0.15, -0.1) is 0 Å². The Morgan fingerprint density at radius 3 is 2.44 bits per heavy atom. The first-order chi connectivity index (χ1) is 8.86. The second kappa shape index (κ2) is 5.08. The molecule has 2 saturated heterocycles. The smallest absolute Gasteiger partial charge is 0.0704 e. The summed E-state index contributed by atoms with van der Waals surface area (Å²) in [4.78, 5) is 2.43. The molecule has 0 aliphatic carbocycles. The Bertz CT molecular complexity index is 417. The zero-order valence-corrected chi connectivity index (χ0v) is 10.3. The maximum Gasteiger partial charge on any atom is 0.0704 e. The molecule has 4 nitrogen and oxygen atoms in total. The van der Waals surface area contributed by atoms with E-state index < -0.39 is 0 Å². The van der Waals surface area contributed by atoms with E-state index in [0.29, 0.717) is 13.2 Å². The van der Waals surface area contributed by atoms with E-state index in [9.17, 15) is 0 Å². The van der Waals surface area contributed by atoms with Crippen LogP contribution in [0.4, 0.5) is 0 Å². The van der Waals surface area contributed by atoms with Gasteiger partial charge in [0.1, 0.15) is 0 Å². The van der Waals surface area contributed by atoms with Gasteiger partial charge in [0.05, 0.1) is 18.9 Å². The number of hydrogen-bond acceptors (Lipinski definition) is 4. The van der Waals surface area contributed by atoms with Gasteiger partial charge in [0.25, 0.3) is 0 Å². The molecule has 0 saturated carbocycles. The predicted octanol–water partition coefficient (Wildman–Crippen LogP) is 1.59. The van der Waals surface area contributed by atoms with E-state index in [-0.39, 0.29) is 11.8 Å². The quantitative estimate of drug-likeness (QED) is 0.636. The van der Waals surface area contributed by atoms with Crippen molar-refractivity contribution in [3.63, 3.8) is 0 Å². The van der Waals surface area contributed by atoms with Crippen LogP contribution in [0.15, 0.2) is 35.5 Å². The van der Waals surface area contributed by atoms with Crippen LogP contribution < -0.4 is 0 Å². The highest BCUT2D eigenvalue weighted by molar-refractivity contribution is 5.90. The molecule has 1 aromatic rings. The predicted molar refractivity (Wildman–Crippen MR) is 68.7 cm³/mol. The van der Waals surface area contributed by atoms with Crippen LogP contribution in [0.1, 0.15) is 5.56 Å². The molecule has 2 atom stereocenters. The van der Waals surface area contributed by atoms with E-state index in [4.69, 9.17) is 9.94 Å². The van der Waals surface area contributed by atoms with Crippen molar-refractivity contribution in [2.75, 3.05) is 26.3 Å². The van der Waals surface area contributed by atoms with Crippen molar-refractivity contribution in [3.05, 3.63) is 35.9 Å². The third-order valence-electron chi connectivity index (χ3n) is 3.80. The Morgan fingerprint density at radius 2 is 1.83 bits per heavy atom. The molecular weight excluding hydrogens is 228 g/mol. The van der Waals surface area contributed by atoms with Crippen LogP contribution in [-0.4, -0.2) is 42.1 Å². The molecule has 2 unspecified atom stereocenters. The zero-order valence-electron chi connectivity index (χ0n) is 10.3. The van der Waals surface area contributed by atoms with Crippen molar-refractivity contribution in [1.82, 2.24) is 4.90 Å². The summed E-state index contributed by atoms with van der Waals surface area (Å²) in [5.41, 5.74) is 2.27. The second-order valence-electron chi connectivity index (χ2n) is 5.14. The number of piperidine rings is 1. The molecule has 2 bridgehead atoms. The SMILES string of the molecule is ON=C1C2COCC1CN(Cc1ccccc1)C2. The molecule has 1 aromatic carbocycles. The molecule has 2 heterocycles. The lowest BCUT2D eigenvalue weighted by Gasteiger charge is -2.41. The van der Waals surface area contributed by atoms with Gasteiger partial charge in [-0.3, -0.25) is 4.90 Å². The number of nitrogens with zero attached hydrogens (tertiary/aromatic N) is 2. The number of hydrogen-bond donors (Lipinski definition) is 1. The fourth-order valence-corrected chi connectivity index (χ4v) is 2.98. The molecule has 0 radical (unpaired) electrons. The standard InChI is InChI=1S/C14H18N2O2/c17-15-14-12-7-16(8-13(14)10-18-9-12)6-11-4-2-1-3-5-11/h1-5,12-13,17H,6-10H2. The number of likely N-dealkylation sites (tertiary alicyclic amines) is 1. The van der Waals surface area contributed by atoms with Crippen LogP contribution in [0, 0.1) is 11.8 Å². The largest absolute Gasteiger partial charge is 0.411 e. The van der Waals surface area contributed by atoms with E-state index in [0.717, 1.165) is 25.3 Å². The van der Waals surface area contributed by atoms with Crippen molar-refractivity contribution in [2.24, 2.45) is 17.0 Å². The van der Waals surface area contributed by atoms with E-state index in [2.05, 4.69) is 34.3 Å². The van der Waals surface area contributed by atoms with Crippen LogP contribution in [0.25, 0.3) is 0 Å². The molecule has 2 aliphatic heterocycles. The Kier molecular flexibility index (Phi) is 3.30. The molecule has 3 rings (SSSR count). The van der Waals surface area contributed by atoms with Gasteiger partial charge in [0.2, 0.25) is 0 Å². The van der Waals surface area contributed by atoms with Crippen LogP contribution in [0.5, 0.6) is 0 Å². The highest BCUT2D eigenvalue weighted by Crippen LogP contribution is 2.26. The summed E-state index contributed by atoms with van der Waals surface area (Å²) in [5.74, 6) is 0.512. The number of oxime groups is 1. The summed E-state index contributed by atoms with van der Waals surface area (Å²) in [6.45, 7) is 4.17. The lowest BCUT2D eigenvalue weighted by atomic mass is 9.85. The maximum atomic E-state index is 9.09. The minimum atomic E-state index is 0.256. The van der Waals surface area contributed by atoms with Gasteiger partial charge in [-0.2, -0.15) is 0 Å². The Morgan fingerprint density at radius 1 is 1.17 bits per heavy atom. The Labute approximate surface area is 107 Å². The van der Waals surface area contributed by atoms with Gasteiger partial charge < -0.3 is 9.94 Å². The normalized spacial score (nSPS) is 28.1. The van der Waals surface area contributed by atoms with Crippen molar-refractivity contribution < 1.29 is 9.94 Å². The van der Waals surface area contributed by atoms with Gasteiger partial charge in [-0.25, -0.2) is 0 Å². The van der Waals surface area contributed by atoms with Crippen LogP contribution in [0.2, 0.25) is 0 Å². The molecule has 2 aliphatic rings. The topological polar surface area (TPSA) is 45.1 Å². The lowest BCUT2D eigenvalue weighted by molar-refractivity contribution is 0.0221. The fourth-order valence-electron chi connectivity index (χ4n) is 2.98. The number of benzene rings is 1. The molecule has 4 heteroatoms. The molecule has 18 heavy (non-hydrogen) atoms. The van der Waals surface area contributed by atoms with Crippen molar-refractivity contribution in [2.45, 2.75) is 6.54 Å². The van der Waals surface area contributed by atoms with E-state index in [1.165, 1.54) is 5.56 Å². The van der Waals surface area contributed by atoms with Crippen LogP contribution in [-0.2, 0) is 11.3 Å². The molecule has 1 N–H and O–H groups in total. The van der Waals surface area contributed by atoms with Gasteiger partial charge in [0, 0.05) is 31.5 Å². The minimum absolute atomic E-state index is 0.256. The number of ether oxygens (including phenoxy) is 1. The molecule has 0 spiro atoms. The minimum Gasteiger partial charge on any atom is -0.411 e. The summed E-state index contributed by atoms with van der Waals surface area (Å²) >= 11 is 0. The van der Waals surface area contributed by atoms with E-state index >= 15 is 0 Å². The Hall–Kier alpha value is -1.39. The molecule has 0 aromatic heterocycles. The third kappa shape index (κ3) is 2.26. The zero-order chi connectivity index (χ0) is 12.4. The first-order valence-corrected chi connectivity index (χ1v) is 6.42. The molecule has 2 fully saturated rings. The van der Waals surface area contributed by atoms with Crippen molar-refractivity contribution >= 4 is 5.71 Å². The average molecular weight is 246 g/mol. The fraction of sp³-hybridized carbons (Fsp3) is 0.500. The third-order valence-corrected chi connectivity index (χ3v) is 3.80. The van der Waals surface area contributed by atoms with Gasteiger partial charge >= 0.3 is 0 Å². The first-order valence-electron chi connectivity index (χ1n) is 6.42. The van der Waals surface area contributed by atoms with Gasteiger partial charge in [0.15, 0.2) is 0 Å². The average Bonchev–Trinajstić information content (AvgIpc) is 2.39. The highest BCUT2D eigenvalue weighted by Gasteiger charge is 2.37. The van der Waals surface area contributed by atoms with E-state index in [1.807, 2.05) is 6.07 Å². The summed E-state index contributed by atoms with van der Waals surface area (Å²) in [6.07, 6.45) is 0. The molecule has 0 amide bonds. The molecule has 96 valence electrons. The first kappa shape index (κ1) is 11.7. The highest BCUT2D eigenvalue weighted by atomic mass is 16.5.